The van der Waals surface area contributed by atoms with Crippen LogP contribution in [0.4, 0.5) is 0 Å². The number of hydrogen-bond donors (Lipinski definition) is 1. The largest absolute Gasteiger partial charge is 0.478 e. The van der Waals surface area contributed by atoms with Gasteiger partial charge in [0.05, 0.1) is 15.6 Å². The maximum absolute atomic E-state index is 11.2. The molecular formula is C13H7Cl3O2. The summed E-state index contributed by atoms with van der Waals surface area (Å²) in [7, 11) is 0. The Morgan fingerprint density at radius 2 is 1.72 bits per heavy atom. The highest BCUT2D eigenvalue weighted by Gasteiger charge is 2.15. The first kappa shape index (κ1) is 13.2. The molecule has 0 saturated carbocycles. The summed E-state index contributed by atoms with van der Waals surface area (Å²) in [5.41, 5.74) is 1.12. The van der Waals surface area contributed by atoms with Crippen LogP contribution in [0.25, 0.3) is 11.1 Å². The second kappa shape index (κ2) is 5.19. The van der Waals surface area contributed by atoms with Gasteiger partial charge in [0.1, 0.15) is 0 Å². The van der Waals surface area contributed by atoms with Crippen LogP contribution in [0.15, 0.2) is 36.4 Å². The number of carboxylic acid groups (broad SMARTS) is 1. The SMILES string of the molecule is O=C(O)c1ccc(Cl)cc1-c1cccc(Cl)c1Cl. The lowest BCUT2D eigenvalue weighted by molar-refractivity contribution is 0.0698. The van der Waals surface area contributed by atoms with Crippen LogP contribution in [-0.2, 0) is 0 Å². The molecule has 18 heavy (non-hydrogen) atoms. The molecule has 2 rings (SSSR count). The van der Waals surface area contributed by atoms with E-state index in [0.717, 1.165) is 0 Å². The van der Waals surface area contributed by atoms with Gasteiger partial charge in [0.25, 0.3) is 0 Å². The quantitative estimate of drug-likeness (QED) is 0.846. The summed E-state index contributed by atoms with van der Waals surface area (Å²) in [4.78, 5) is 11.2. The van der Waals surface area contributed by atoms with Crippen molar-refractivity contribution in [1.29, 1.82) is 0 Å². The molecule has 0 aromatic heterocycles. The van der Waals surface area contributed by atoms with Gasteiger partial charge < -0.3 is 5.11 Å². The molecule has 2 nitrogen and oxygen atoms in total. The van der Waals surface area contributed by atoms with E-state index in [-0.39, 0.29) is 5.56 Å². The number of aromatic carboxylic acids is 1. The van der Waals surface area contributed by atoms with Crippen LogP contribution in [-0.4, -0.2) is 11.1 Å². The first-order valence-corrected chi connectivity index (χ1v) is 6.11. The van der Waals surface area contributed by atoms with E-state index in [0.29, 0.717) is 26.2 Å². The number of carboxylic acids is 1. The van der Waals surface area contributed by atoms with Crippen molar-refractivity contribution >= 4 is 40.8 Å². The van der Waals surface area contributed by atoms with E-state index < -0.39 is 5.97 Å². The van der Waals surface area contributed by atoms with Crippen LogP contribution in [0.1, 0.15) is 10.4 Å². The van der Waals surface area contributed by atoms with Gasteiger partial charge in [-0.1, -0.05) is 46.9 Å². The summed E-state index contributed by atoms with van der Waals surface area (Å²) in [5.74, 6) is -1.04. The Bertz CT molecular complexity index is 624. The van der Waals surface area contributed by atoms with Gasteiger partial charge in [0.2, 0.25) is 0 Å². The molecule has 1 N–H and O–H groups in total. The Labute approximate surface area is 119 Å². The molecule has 0 fully saturated rings. The van der Waals surface area contributed by atoms with Crippen molar-refractivity contribution in [2.75, 3.05) is 0 Å². The van der Waals surface area contributed by atoms with Gasteiger partial charge in [-0.3, -0.25) is 0 Å². The van der Waals surface area contributed by atoms with Gasteiger partial charge in [0, 0.05) is 10.6 Å². The van der Waals surface area contributed by atoms with Crippen molar-refractivity contribution in [3.8, 4) is 11.1 Å². The second-order valence-electron chi connectivity index (χ2n) is 3.60. The number of halogens is 3. The fraction of sp³-hybridized carbons (Fsp3) is 0. The highest BCUT2D eigenvalue weighted by molar-refractivity contribution is 6.43. The summed E-state index contributed by atoms with van der Waals surface area (Å²) in [6.07, 6.45) is 0. The Morgan fingerprint density at radius 3 is 2.39 bits per heavy atom. The van der Waals surface area contributed by atoms with Crippen LogP contribution in [0.5, 0.6) is 0 Å². The molecule has 92 valence electrons. The number of rotatable bonds is 2. The minimum atomic E-state index is -1.04. The minimum Gasteiger partial charge on any atom is -0.478 e. The summed E-state index contributed by atoms with van der Waals surface area (Å²) in [5, 5.41) is 10.3. The first-order chi connectivity index (χ1) is 8.50. The third kappa shape index (κ3) is 2.46. The monoisotopic (exact) mass is 300 g/mol. The zero-order chi connectivity index (χ0) is 13.3. The van der Waals surface area contributed by atoms with Crippen molar-refractivity contribution in [3.63, 3.8) is 0 Å². The Balaban J connectivity index is 2.73. The summed E-state index contributed by atoms with van der Waals surface area (Å²) >= 11 is 17.9. The normalized spacial score (nSPS) is 10.4. The Kier molecular flexibility index (Phi) is 3.81. The van der Waals surface area contributed by atoms with E-state index in [1.165, 1.54) is 12.1 Å². The van der Waals surface area contributed by atoms with E-state index in [1.54, 1.807) is 24.3 Å². The van der Waals surface area contributed by atoms with Crippen molar-refractivity contribution < 1.29 is 9.90 Å². The molecule has 5 heteroatoms. The molecule has 0 aliphatic carbocycles. The van der Waals surface area contributed by atoms with Crippen molar-refractivity contribution in [2.45, 2.75) is 0 Å². The summed E-state index contributed by atoms with van der Waals surface area (Å²) in [6, 6.07) is 9.56. The van der Waals surface area contributed by atoms with Gasteiger partial charge in [-0.15, -0.1) is 0 Å². The van der Waals surface area contributed by atoms with Crippen LogP contribution >= 0.6 is 34.8 Å². The predicted molar refractivity (Wildman–Crippen MR) is 73.9 cm³/mol. The second-order valence-corrected chi connectivity index (χ2v) is 4.82. The lowest BCUT2D eigenvalue weighted by Crippen LogP contribution is -1.99. The third-order valence-corrected chi connectivity index (χ3v) is 3.51. The van der Waals surface area contributed by atoms with Crippen molar-refractivity contribution in [3.05, 3.63) is 57.0 Å². The van der Waals surface area contributed by atoms with Crippen LogP contribution in [0.2, 0.25) is 15.1 Å². The van der Waals surface area contributed by atoms with Crippen LogP contribution < -0.4 is 0 Å². The molecule has 0 bridgehead atoms. The zero-order valence-electron chi connectivity index (χ0n) is 8.95. The van der Waals surface area contributed by atoms with Gasteiger partial charge >= 0.3 is 5.97 Å². The van der Waals surface area contributed by atoms with Crippen LogP contribution in [0, 0.1) is 0 Å². The molecule has 0 saturated heterocycles. The van der Waals surface area contributed by atoms with E-state index in [1.807, 2.05) is 0 Å². The molecule has 0 aliphatic heterocycles. The highest BCUT2D eigenvalue weighted by Crippen LogP contribution is 2.36. The maximum atomic E-state index is 11.2. The van der Waals surface area contributed by atoms with Crippen molar-refractivity contribution in [2.24, 2.45) is 0 Å². The number of benzene rings is 2. The van der Waals surface area contributed by atoms with Gasteiger partial charge in [-0.2, -0.15) is 0 Å². The molecule has 0 radical (unpaired) electrons. The standard InChI is InChI=1S/C13H7Cl3O2/c14-7-4-5-9(13(17)18)10(6-7)8-2-1-3-11(15)12(8)16/h1-6H,(H,17,18). The minimum absolute atomic E-state index is 0.128. The molecule has 0 spiro atoms. The molecule has 0 aliphatic rings. The van der Waals surface area contributed by atoms with Gasteiger partial charge in [-0.25, -0.2) is 4.79 Å². The fourth-order valence-electron chi connectivity index (χ4n) is 1.64. The smallest absolute Gasteiger partial charge is 0.336 e. The van der Waals surface area contributed by atoms with E-state index in [9.17, 15) is 4.79 Å². The van der Waals surface area contributed by atoms with Crippen molar-refractivity contribution in [1.82, 2.24) is 0 Å². The molecule has 0 atom stereocenters. The lowest BCUT2D eigenvalue weighted by Gasteiger charge is -2.09. The van der Waals surface area contributed by atoms with E-state index in [2.05, 4.69) is 0 Å². The summed E-state index contributed by atoms with van der Waals surface area (Å²) in [6.45, 7) is 0. The van der Waals surface area contributed by atoms with Crippen LogP contribution in [0.3, 0.4) is 0 Å². The fourth-order valence-corrected chi connectivity index (χ4v) is 2.21. The molecule has 2 aromatic rings. The van der Waals surface area contributed by atoms with E-state index >= 15 is 0 Å². The lowest BCUT2D eigenvalue weighted by atomic mass is 10.00. The highest BCUT2D eigenvalue weighted by atomic mass is 35.5. The average Bonchev–Trinajstić information content (AvgIpc) is 2.32. The topological polar surface area (TPSA) is 37.3 Å². The molecule has 0 heterocycles. The third-order valence-electron chi connectivity index (χ3n) is 2.45. The zero-order valence-corrected chi connectivity index (χ0v) is 11.2. The van der Waals surface area contributed by atoms with Gasteiger partial charge in [-0.05, 0) is 29.8 Å². The summed E-state index contributed by atoms with van der Waals surface area (Å²) < 4.78 is 0. The molecule has 2 aromatic carbocycles. The Hall–Kier alpha value is -1.22. The molecule has 0 amide bonds. The molecule has 0 unspecified atom stereocenters. The van der Waals surface area contributed by atoms with Gasteiger partial charge in [0.15, 0.2) is 0 Å². The van der Waals surface area contributed by atoms with E-state index in [4.69, 9.17) is 39.9 Å². The Morgan fingerprint density at radius 1 is 1.00 bits per heavy atom. The maximum Gasteiger partial charge on any atom is 0.336 e. The predicted octanol–water partition coefficient (Wildman–Crippen LogP) is 5.01. The molecular weight excluding hydrogens is 294 g/mol. The number of carbonyl (C=O) groups is 1. The average molecular weight is 302 g/mol. The first-order valence-electron chi connectivity index (χ1n) is 4.98. The number of hydrogen-bond acceptors (Lipinski definition) is 1.